The summed E-state index contributed by atoms with van der Waals surface area (Å²) >= 11 is 0. The molecule has 0 bridgehead atoms. The molecule has 1 aliphatic rings. The first-order valence-electron chi connectivity index (χ1n) is 13.9. The molecule has 1 aliphatic heterocycles. The molecule has 4 heterocycles. The monoisotopic (exact) mass is 549 g/mol. The minimum absolute atomic E-state index is 0.174. The highest BCUT2D eigenvalue weighted by molar-refractivity contribution is 5.94. The van der Waals surface area contributed by atoms with Crippen molar-refractivity contribution in [2.45, 2.75) is 45.1 Å². The number of likely N-dealkylation sites (tertiary alicyclic amines) is 1. The average molecular weight is 550 g/mol. The van der Waals surface area contributed by atoms with Crippen molar-refractivity contribution in [3.05, 3.63) is 54.6 Å². The Morgan fingerprint density at radius 2 is 1.93 bits per heavy atom. The third-order valence-electron chi connectivity index (χ3n) is 7.74. The molecular weight excluding hydrogens is 512 g/mol. The Bertz CT molecular complexity index is 1470. The van der Waals surface area contributed by atoms with Crippen LogP contribution in [-0.2, 0) is 0 Å². The van der Waals surface area contributed by atoms with Crippen molar-refractivity contribution in [3.63, 3.8) is 0 Å². The maximum absolute atomic E-state index is 15.9. The molecule has 212 valence electrons. The molecule has 0 unspecified atom stereocenters. The second-order valence-electron chi connectivity index (χ2n) is 10.5. The molecular formula is C30H37F2N7O. The number of hydrogen-bond acceptors (Lipinski definition) is 7. The summed E-state index contributed by atoms with van der Waals surface area (Å²) in [5.74, 6) is -0.177. The fraction of sp³-hybridized carbons (Fsp3) is 0.433. The maximum atomic E-state index is 15.9. The minimum Gasteiger partial charge on any atom is -0.495 e. The fourth-order valence-electron chi connectivity index (χ4n) is 5.29. The van der Waals surface area contributed by atoms with E-state index < -0.39 is 11.6 Å². The number of benzene rings is 1. The molecule has 40 heavy (non-hydrogen) atoms. The van der Waals surface area contributed by atoms with Gasteiger partial charge in [0.05, 0.1) is 30.7 Å². The van der Waals surface area contributed by atoms with E-state index in [1.807, 2.05) is 13.1 Å². The molecule has 0 radical (unpaired) electrons. The first-order chi connectivity index (χ1) is 19.4. The van der Waals surface area contributed by atoms with Crippen LogP contribution in [0.5, 0.6) is 5.75 Å². The van der Waals surface area contributed by atoms with Gasteiger partial charge in [0.2, 0.25) is 5.95 Å². The van der Waals surface area contributed by atoms with Gasteiger partial charge in [-0.25, -0.2) is 18.7 Å². The van der Waals surface area contributed by atoms with Crippen LogP contribution in [0.25, 0.3) is 27.8 Å². The average Bonchev–Trinajstić information content (AvgIpc) is 3.35. The summed E-state index contributed by atoms with van der Waals surface area (Å²) in [6, 6.07) is 4.89. The Hall–Kier alpha value is -3.79. The van der Waals surface area contributed by atoms with Crippen LogP contribution in [0, 0.1) is 11.6 Å². The van der Waals surface area contributed by atoms with Gasteiger partial charge in [-0.2, -0.15) is 0 Å². The maximum Gasteiger partial charge on any atom is 0.225 e. The second kappa shape index (κ2) is 12.2. The van der Waals surface area contributed by atoms with Gasteiger partial charge in [-0.3, -0.25) is 4.98 Å². The van der Waals surface area contributed by atoms with Gasteiger partial charge < -0.3 is 24.4 Å². The van der Waals surface area contributed by atoms with Crippen LogP contribution in [0.3, 0.4) is 0 Å². The number of halogens is 2. The zero-order chi connectivity index (χ0) is 28.2. The number of ether oxygens (including phenoxy) is 1. The molecule has 10 heteroatoms. The number of rotatable bonds is 10. The summed E-state index contributed by atoms with van der Waals surface area (Å²) in [5.41, 5.74) is 2.58. The van der Waals surface area contributed by atoms with Crippen LogP contribution in [0.2, 0.25) is 0 Å². The van der Waals surface area contributed by atoms with Crippen molar-refractivity contribution in [3.8, 4) is 22.6 Å². The van der Waals surface area contributed by atoms with Crippen LogP contribution < -0.4 is 15.0 Å². The van der Waals surface area contributed by atoms with Gasteiger partial charge in [0.25, 0.3) is 0 Å². The second-order valence-corrected chi connectivity index (χ2v) is 10.5. The number of anilines is 2. The summed E-state index contributed by atoms with van der Waals surface area (Å²) in [5, 5.41) is 3.13. The SMILES string of the molecule is CCCCCNc1ccc(F)c(-n2cc(-c3cncc(OC)c3)c3nc(N(C)C4CCN(C)CC4)ncc32)c1F. The number of pyridine rings is 1. The molecule has 0 amide bonds. The Morgan fingerprint density at radius 3 is 2.67 bits per heavy atom. The highest BCUT2D eigenvalue weighted by atomic mass is 19.1. The highest BCUT2D eigenvalue weighted by Gasteiger charge is 2.25. The van der Waals surface area contributed by atoms with E-state index in [4.69, 9.17) is 9.72 Å². The van der Waals surface area contributed by atoms with Crippen molar-refractivity contribution in [2.75, 3.05) is 51.1 Å². The largest absolute Gasteiger partial charge is 0.495 e. The van der Waals surface area contributed by atoms with Gasteiger partial charge in [-0.05, 0) is 57.6 Å². The first kappa shape index (κ1) is 27.8. The molecule has 0 saturated carbocycles. The Balaban J connectivity index is 1.62. The first-order valence-corrected chi connectivity index (χ1v) is 13.9. The Kier molecular flexibility index (Phi) is 8.44. The van der Waals surface area contributed by atoms with Crippen molar-refractivity contribution in [1.29, 1.82) is 0 Å². The predicted octanol–water partition coefficient (Wildman–Crippen LogP) is 5.90. The third kappa shape index (κ3) is 5.58. The van der Waals surface area contributed by atoms with Crippen molar-refractivity contribution in [2.24, 2.45) is 0 Å². The Labute approximate surface area is 234 Å². The van der Waals surface area contributed by atoms with E-state index in [1.165, 1.54) is 16.7 Å². The van der Waals surface area contributed by atoms with Crippen LogP contribution >= 0.6 is 0 Å². The Morgan fingerprint density at radius 1 is 1.12 bits per heavy atom. The number of nitrogens with zero attached hydrogens (tertiary/aromatic N) is 6. The van der Waals surface area contributed by atoms with E-state index in [-0.39, 0.29) is 11.4 Å². The van der Waals surface area contributed by atoms with Gasteiger partial charge in [-0.1, -0.05) is 19.8 Å². The van der Waals surface area contributed by atoms with Crippen molar-refractivity contribution >= 4 is 22.7 Å². The minimum atomic E-state index is -0.670. The molecule has 0 spiro atoms. The molecule has 0 atom stereocenters. The van der Waals surface area contributed by atoms with Gasteiger partial charge >= 0.3 is 0 Å². The molecule has 8 nitrogen and oxygen atoms in total. The zero-order valence-electron chi connectivity index (χ0n) is 23.6. The lowest BCUT2D eigenvalue weighted by atomic mass is 10.0. The van der Waals surface area contributed by atoms with E-state index in [2.05, 4.69) is 39.1 Å². The van der Waals surface area contributed by atoms with E-state index in [0.29, 0.717) is 40.9 Å². The van der Waals surface area contributed by atoms with Crippen LogP contribution in [0.4, 0.5) is 20.4 Å². The van der Waals surface area contributed by atoms with Gasteiger partial charge in [0.15, 0.2) is 5.82 Å². The van der Waals surface area contributed by atoms with Crippen LogP contribution in [0.1, 0.15) is 39.0 Å². The van der Waals surface area contributed by atoms with Gasteiger partial charge in [0.1, 0.15) is 22.8 Å². The number of unbranched alkanes of at least 4 members (excludes halogenated alkanes) is 2. The molecule has 1 aromatic carbocycles. The van der Waals surface area contributed by atoms with Crippen molar-refractivity contribution < 1.29 is 13.5 Å². The summed E-state index contributed by atoms with van der Waals surface area (Å²) in [7, 11) is 5.71. The van der Waals surface area contributed by atoms with Gasteiger partial charge in [-0.15, -0.1) is 0 Å². The number of aromatic nitrogens is 4. The number of methoxy groups -OCH3 is 1. The summed E-state index contributed by atoms with van der Waals surface area (Å²) in [6.45, 7) is 4.74. The molecule has 1 saturated heterocycles. The topological polar surface area (TPSA) is 71.3 Å². The number of fused-ring (bicyclic) bond motifs is 1. The molecule has 4 aromatic rings. The fourth-order valence-corrected chi connectivity index (χ4v) is 5.29. The van der Waals surface area contributed by atoms with Crippen LogP contribution in [-0.4, -0.2) is 71.3 Å². The lowest BCUT2D eigenvalue weighted by Crippen LogP contribution is -2.42. The molecule has 1 N–H and O–H groups in total. The molecule has 1 fully saturated rings. The lowest BCUT2D eigenvalue weighted by molar-refractivity contribution is 0.252. The lowest BCUT2D eigenvalue weighted by Gasteiger charge is -2.35. The third-order valence-corrected chi connectivity index (χ3v) is 7.74. The molecule has 0 aliphatic carbocycles. The molecule has 5 rings (SSSR count). The summed E-state index contributed by atoms with van der Waals surface area (Å²) in [6.07, 6.45) is 11.7. The van der Waals surface area contributed by atoms with E-state index >= 15 is 8.78 Å². The van der Waals surface area contributed by atoms with E-state index in [0.717, 1.165) is 50.8 Å². The quantitative estimate of drug-likeness (QED) is 0.247. The van der Waals surface area contributed by atoms with Gasteiger partial charge in [0, 0.05) is 43.2 Å². The zero-order valence-corrected chi connectivity index (χ0v) is 23.6. The summed E-state index contributed by atoms with van der Waals surface area (Å²) in [4.78, 5) is 18.3. The predicted molar refractivity (Wildman–Crippen MR) is 156 cm³/mol. The standard InChI is InChI=1S/C30H37F2N7O/c1-5-6-7-12-34-25-9-8-24(31)29(27(25)32)39-19-23(20-15-22(40-4)17-33-16-20)28-26(39)18-35-30(36-28)38(3)21-10-13-37(2)14-11-21/h8-9,15-19,21,34H,5-7,10-14H2,1-4H3. The molecule has 3 aromatic heterocycles. The number of piperidine rings is 1. The van der Waals surface area contributed by atoms with E-state index in [1.54, 1.807) is 31.9 Å². The number of nitrogens with one attached hydrogen (secondary N) is 1. The number of hydrogen-bond donors (Lipinski definition) is 1. The highest BCUT2D eigenvalue weighted by Crippen LogP contribution is 2.36. The van der Waals surface area contributed by atoms with Crippen LogP contribution in [0.15, 0.2) is 43.0 Å². The smallest absolute Gasteiger partial charge is 0.225 e. The normalized spacial score (nSPS) is 14.6. The van der Waals surface area contributed by atoms with E-state index in [9.17, 15) is 0 Å². The summed E-state index contributed by atoms with van der Waals surface area (Å²) < 4.78 is 38.1. The van der Waals surface area contributed by atoms with Crippen molar-refractivity contribution in [1.82, 2.24) is 24.4 Å².